The van der Waals surface area contributed by atoms with Crippen LogP contribution in [0.4, 0.5) is 11.4 Å². The van der Waals surface area contributed by atoms with Crippen molar-refractivity contribution in [3.05, 3.63) is 64.6 Å². The summed E-state index contributed by atoms with van der Waals surface area (Å²) in [4.78, 5) is 35.5. The Morgan fingerprint density at radius 1 is 0.906 bits per heavy atom. The molecule has 32 heavy (non-hydrogen) atoms. The number of nitrogens with zero attached hydrogens (tertiary/aromatic N) is 4. The molecule has 0 atom stereocenters. The number of piperazine rings is 1. The fraction of sp³-hybridized carbons (Fsp3) is 0.292. The Labute approximate surface area is 197 Å². The molecule has 0 unspecified atom stereocenters. The fourth-order valence-electron chi connectivity index (χ4n) is 4.37. The second-order valence-electron chi connectivity index (χ2n) is 8.31. The van der Waals surface area contributed by atoms with Gasteiger partial charge >= 0.3 is 0 Å². The van der Waals surface area contributed by atoms with Crippen LogP contribution in [0.1, 0.15) is 11.1 Å². The number of thiocarbonyl (C=S) groups is 1. The van der Waals surface area contributed by atoms with Crippen LogP contribution >= 0.6 is 24.0 Å². The molecule has 0 aromatic heterocycles. The lowest BCUT2D eigenvalue weighted by Gasteiger charge is -2.34. The molecule has 3 aliphatic rings. The normalized spacial score (nSPS) is 22.2. The number of hydrogen-bond acceptors (Lipinski definition) is 6. The summed E-state index contributed by atoms with van der Waals surface area (Å²) >= 11 is 6.79. The van der Waals surface area contributed by atoms with Gasteiger partial charge < -0.3 is 4.90 Å². The number of carbonyl (C=O) groups excluding carboxylic acids is 2. The Kier molecular flexibility index (Phi) is 5.63. The lowest BCUT2D eigenvalue weighted by atomic mass is 10.1. The lowest BCUT2D eigenvalue weighted by Crippen LogP contribution is -2.49. The zero-order valence-electron chi connectivity index (χ0n) is 18.1. The number of para-hydroxylation sites is 2. The van der Waals surface area contributed by atoms with Gasteiger partial charge in [-0.3, -0.25) is 24.3 Å². The molecule has 2 aromatic carbocycles. The minimum absolute atomic E-state index is 0.129. The lowest BCUT2D eigenvalue weighted by molar-refractivity contribution is -0.115. The summed E-state index contributed by atoms with van der Waals surface area (Å²) in [6.07, 6.45) is 0. The average Bonchev–Trinajstić information content (AvgIpc) is 3.22. The van der Waals surface area contributed by atoms with Gasteiger partial charge in [0.05, 0.1) is 28.5 Å². The van der Waals surface area contributed by atoms with Crippen LogP contribution in [-0.4, -0.2) is 65.8 Å². The molecule has 6 nitrogen and oxygen atoms in total. The number of rotatable bonds is 3. The van der Waals surface area contributed by atoms with Gasteiger partial charge in [0.25, 0.3) is 11.8 Å². The summed E-state index contributed by atoms with van der Waals surface area (Å²) < 4.78 is 0.453. The first-order valence-electron chi connectivity index (χ1n) is 10.6. The maximum absolute atomic E-state index is 13.7. The van der Waals surface area contributed by atoms with Crippen LogP contribution < -0.4 is 9.80 Å². The standard InChI is InChI=1S/C24H24N4O2S2/c1-16-7-3-5-9-18(16)28-23(30)21(32-24(28)31)20-17-8-4-6-10-19(17)27(22(20)29)15-26-13-11-25(2)12-14-26/h3-10H,11-15H2,1-2H3. The molecule has 164 valence electrons. The van der Waals surface area contributed by atoms with E-state index >= 15 is 0 Å². The number of aryl methyl sites for hydroxylation is 1. The van der Waals surface area contributed by atoms with Gasteiger partial charge in [-0.15, -0.1) is 0 Å². The third-order valence-electron chi connectivity index (χ3n) is 6.21. The molecule has 0 radical (unpaired) electrons. The molecule has 2 fully saturated rings. The molecule has 3 heterocycles. The topological polar surface area (TPSA) is 47.1 Å². The first-order chi connectivity index (χ1) is 15.5. The number of benzene rings is 2. The predicted octanol–water partition coefficient (Wildman–Crippen LogP) is 3.32. The highest BCUT2D eigenvalue weighted by atomic mass is 32.2. The Balaban J connectivity index is 1.52. The number of carbonyl (C=O) groups is 2. The summed E-state index contributed by atoms with van der Waals surface area (Å²) in [5.41, 5.74) is 3.84. The zero-order chi connectivity index (χ0) is 22.4. The summed E-state index contributed by atoms with van der Waals surface area (Å²) in [6.45, 7) is 6.25. The quantitative estimate of drug-likeness (QED) is 0.513. The molecule has 0 saturated carbocycles. The van der Waals surface area contributed by atoms with Gasteiger partial charge in [-0.05, 0) is 31.7 Å². The highest BCUT2D eigenvalue weighted by Crippen LogP contribution is 2.45. The van der Waals surface area contributed by atoms with Gasteiger partial charge in [0, 0.05) is 31.7 Å². The van der Waals surface area contributed by atoms with Crippen molar-refractivity contribution >= 4 is 57.1 Å². The van der Waals surface area contributed by atoms with Gasteiger partial charge in [-0.1, -0.05) is 60.4 Å². The van der Waals surface area contributed by atoms with E-state index in [1.165, 1.54) is 11.8 Å². The van der Waals surface area contributed by atoms with Crippen molar-refractivity contribution < 1.29 is 9.59 Å². The third kappa shape index (κ3) is 3.57. The highest BCUT2D eigenvalue weighted by Gasteiger charge is 2.43. The van der Waals surface area contributed by atoms with E-state index < -0.39 is 0 Å². The zero-order valence-corrected chi connectivity index (χ0v) is 19.7. The smallest absolute Gasteiger partial charge is 0.271 e. The number of thioether (sulfide) groups is 1. The van der Waals surface area contributed by atoms with E-state index in [9.17, 15) is 9.59 Å². The molecule has 0 spiro atoms. The van der Waals surface area contributed by atoms with E-state index in [1.807, 2.05) is 55.5 Å². The van der Waals surface area contributed by atoms with Crippen molar-refractivity contribution in [1.29, 1.82) is 0 Å². The van der Waals surface area contributed by atoms with Crippen LogP contribution in [0.2, 0.25) is 0 Å². The molecule has 0 N–H and O–H groups in total. The summed E-state index contributed by atoms with van der Waals surface area (Å²) in [5.74, 6) is -0.357. The highest BCUT2D eigenvalue weighted by molar-refractivity contribution is 8.27. The summed E-state index contributed by atoms with van der Waals surface area (Å²) in [6, 6.07) is 15.4. The Morgan fingerprint density at radius 3 is 2.28 bits per heavy atom. The number of anilines is 2. The van der Waals surface area contributed by atoms with Gasteiger partial charge in [0.1, 0.15) is 0 Å². The van der Waals surface area contributed by atoms with Gasteiger partial charge in [-0.25, -0.2) is 0 Å². The van der Waals surface area contributed by atoms with Crippen LogP contribution in [-0.2, 0) is 9.59 Å². The van der Waals surface area contributed by atoms with Crippen molar-refractivity contribution in [3.63, 3.8) is 0 Å². The Bertz CT molecular complexity index is 1150. The predicted molar refractivity (Wildman–Crippen MR) is 134 cm³/mol. The van der Waals surface area contributed by atoms with Crippen LogP contribution in [0, 0.1) is 6.92 Å². The van der Waals surface area contributed by atoms with E-state index in [0.29, 0.717) is 21.5 Å². The molecule has 5 rings (SSSR count). The number of hydrogen-bond donors (Lipinski definition) is 0. The molecule has 3 aliphatic heterocycles. The van der Waals surface area contributed by atoms with E-state index in [-0.39, 0.29) is 11.8 Å². The van der Waals surface area contributed by atoms with Crippen molar-refractivity contribution in [1.82, 2.24) is 9.80 Å². The van der Waals surface area contributed by atoms with Crippen LogP contribution in [0.5, 0.6) is 0 Å². The van der Waals surface area contributed by atoms with Gasteiger partial charge in [0.15, 0.2) is 4.32 Å². The number of amides is 2. The molecule has 0 bridgehead atoms. The average molecular weight is 465 g/mol. The molecule has 2 aromatic rings. The van der Waals surface area contributed by atoms with E-state index in [1.54, 1.807) is 9.80 Å². The van der Waals surface area contributed by atoms with E-state index in [0.717, 1.165) is 48.7 Å². The second-order valence-corrected chi connectivity index (χ2v) is 9.96. The molecule has 2 saturated heterocycles. The van der Waals surface area contributed by atoms with Gasteiger partial charge in [-0.2, -0.15) is 0 Å². The third-order valence-corrected chi connectivity index (χ3v) is 7.59. The van der Waals surface area contributed by atoms with Crippen molar-refractivity contribution in [2.24, 2.45) is 0 Å². The monoisotopic (exact) mass is 464 g/mol. The van der Waals surface area contributed by atoms with Crippen LogP contribution in [0.25, 0.3) is 5.57 Å². The van der Waals surface area contributed by atoms with Gasteiger partial charge in [0.2, 0.25) is 0 Å². The number of fused-ring (bicyclic) bond motifs is 1. The maximum Gasteiger partial charge on any atom is 0.271 e. The fourth-order valence-corrected chi connectivity index (χ4v) is 5.73. The van der Waals surface area contributed by atoms with E-state index in [4.69, 9.17) is 12.2 Å². The number of likely N-dealkylation sites (N-methyl/N-ethyl adjacent to an activating group) is 1. The second kappa shape index (κ2) is 8.44. The largest absolute Gasteiger partial charge is 0.304 e. The van der Waals surface area contributed by atoms with Crippen LogP contribution in [0.15, 0.2) is 53.4 Å². The van der Waals surface area contributed by atoms with Crippen molar-refractivity contribution in [2.45, 2.75) is 6.92 Å². The first kappa shape index (κ1) is 21.3. The molecular weight excluding hydrogens is 440 g/mol. The summed E-state index contributed by atoms with van der Waals surface area (Å²) in [7, 11) is 2.11. The van der Waals surface area contributed by atoms with Crippen molar-refractivity contribution in [2.75, 3.05) is 49.7 Å². The van der Waals surface area contributed by atoms with Crippen molar-refractivity contribution in [3.8, 4) is 0 Å². The molecule has 8 heteroatoms. The summed E-state index contributed by atoms with van der Waals surface area (Å²) in [5, 5.41) is 0. The Hall–Kier alpha value is -2.52. The minimum Gasteiger partial charge on any atom is -0.304 e. The maximum atomic E-state index is 13.7. The van der Waals surface area contributed by atoms with E-state index in [2.05, 4.69) is 16.8 Å². The minimum atomic E-state index is -0.228. The molecule has 0 aliphatic carbocycles. The Morgan fingerprint density at radius 2 is 1.56 bits per heavy atom. The first-order valence-corrected chi connectivity index (χ1v) is 11.9. The molecular formula is C24H24N4O2S2. The van der Waals surface area contributed by atoms with Crippen LogP contribution in [0.3, 0.4) is 0 Å². The SMILES string of the molecule is Cc1ccccc1N1C(=O)C(=C2C(=O)N(CN3CCN(C)CC3)c3ccccc32)SC1=S. The molecule has 2 amide bonds.